The number of hydrogen-bond donors (Lipinski definition) is 2. The number of benzene rings is 1. The standard InChI is InChI=1S/C40H61FN5O6P.C2H6/c1-2-3-4-5-6-7-8-9-10-11-12-13-14-15-16-17-24-48-28-35(49-27-33-19-18-32(26-42)25-36(33)41)30-51-53(47)50-29-34-20-23-39(52-34)37-21-22-38-40(43)44-31-45-46(37)38;1-2/h18-19,21-22,25,31,34-35,39,47H,2-17,20,23-24,27-30H2,1H3,(H2,43,44,45);1-2H3. The van der Waals surface area contributed by atoms with Crippen LogP contribution < -0.4 is 5.73 Å². The monoisotopic (exact) mass is 787 g/mol. The lowest BCUT2D eigenvalue weighted by Crippen LogP contribution is -2.26. The van der Waals surface area contributed by atoms with E-state index in [0.29, 0.717) is 18.0 Å². The summed E-state index contributed by atoms with van der Waals surface area (Å²) in [5.74, 6) is -0.105. The van der Waals surface area contributed by atoms with Crippen LogP contribution >= 0.6 is 8.60 Å². The Morgan fingerprint density at radius 2 is 1.58 bits per heavy atom. The minimum absolute atomic E-state index is 0.00445. The highest BCUT2D eigenvalue weighted by atomic mass is 31.2. The maximum absolute atomic E-state index is 14.5. The molecule has 1 saturated heterocycles. The SMILES string of the molecule is CC.CCCCCCCCCCCCCCCCCCOCC(COP(O)OCC1CCC(c2ccc3c(N)ncnn23)O1)OCc1ccc(C#N)cc1F. The quantitative estimate of drug-likeness (QED) is 0.0515. The second-order valence-corrected chi connectivity index (χ2v) is 15.1. The largest absolute Gasteiger partial charge is 0.382 e. The number of nitrogens with two attached hydrogens (primary N) is 1. The highest BCUT2D eigenvalue weighted by Gasteiger charge is 2.30. The van der Waals surface area contributed by atoms with Gasteiger partial charge in [-0.3, -0.25) is 0 Å². The third-order valence-corrected chi connectivity index (χ3v) is 10.5. The van der Waals surface area contributed by atoms with E-state index >= 15 is 0 Å². The van der Waals surface area contributed by atoms with Crippen molar-refractivity contribution in [3.63, 3.8) is 0 Å². The van der Waals surface area contributed by atoms with Gasteiger partial charge in [-0.15, -0.1) is 0 Å². The summed E-state index contributed by atoms with van der Waals surface area (Å²) in [6.07, 6.45) is 22.9. The van der Waals surface area contributed by atoms with Crippen molar-refractivity contribution in [2.75, 3.05) is 32.2 Å². The smallest absolute Gasteiger partial charge is 0.330 e. The molecule has 1 aromatic carbocycles. The first-order chi connectivity index (χ1) is 27.0. The molecule has 3 N–H and O–H groups in total. The van der Waals surface area contributed by atoms with Gasteiger partial charge in [0.15, 0.2) is 5.82 Å². The highest BCUT2D eigenvalue weighted by molar-refractivity contribution is 7.40. The van der Waals surface area contributed by atoms with E-state index in [4.69, 9.17) is 34.3 Å². The van der Waals surface area contributed by atoms with E-state index in [1.807, 2.05) is 32.0 Å². The van der Waals surface area contributed by atoms with Gasteiger partial charge >= 0.3 is 8.60 Å². The van der Waals surface area contributed by atoms with Crippen molar-refractivity contribution in [3.8, 4) is 6.07 Å². The average molecular weight is 788 g/mol. The topological polar surface area (TPSA) is 146 Å². The molecule has 0 spiro atoms. The number of halogens is 1. The predicted octanol–water partition coefficient (Wildman–Crippen LogP) is 10.7. The van der Waals surface area contributed by atoms with Crippen molar-refractivity contribution in [2.45, 2.75) is 161 Å². The van der Waals surface area contributed by atoms with Gasteiger partial charge in [0.2, 0.25) is 0 Å². The van der Waals surface area contributed by atoms with Gasteiger partial charge in [0.25, 0.3) is 0 Å². The van der Waals surface area contributed by atoms with Crippen molar-refractivity contribution >= 4 is 19.9 Å². The van der Waals surface area contributed by atoms with Crippen molar-refractivity contribution < 1.29 is 32.5 Å². The van der Waals surface area contributed by atoms with Crippen molar-refractivity contribution in [1.82, 2.24) is 14.6 Å². The molecule has 13 heteroatoms. The van der Waals surface area contributed by atoms with Crippen LogP contribution in [0.2, 0.25) is 0 Å². The fourth-order valence-corrected chi connectivity index (χ4v) is 7.31. The number of fused-ring (bicyclic) bond motifs is 1. The van der Waals surface area contributed by atoms with Crippen LogP contribution in [-0.2, 0) is 29.9 Å². The Balaban J connectivity index is 0.00000399. The lowest BCUT2D eigenvalue weighted by molar-refractivity contribution is -0.0499. The molecule has 1 aliphatic heterocycles. The minimum Gasteiger partial charge on any atom is -0.382 e. The molecule has 1 aliphatic rings. The van der Waals surface area contributed by atoms with Gasteiger partial charge in [-0.1, -0.05) is 123 Å². The Morgan fingerprint density at radius 1 is 0.927 bits per heavy atom. The van der Waals surface area contributed by atoms with Gasteiger partial charge in [-0.25, -0.2) is 13.9 Å². The molecule has 3 heterocycles. The molecule has 0 amide bonds. The van der Waals surface area contributed by atoms with Crippen LogP contribution in [0.25, 0.3) is 5.52 Å². The van der Waals surface area contributed by atoms with Gasteiger partial charge in [-0.2, -0.15) is 10.4 Å². The molecule has 0 radical (unpaired) electrons. The first-order valence-corrected chi connectivity index (χ1v) is 22.0. The van der Waals surface area contributed by atoms with E-state index in [1.165, 1.54) is 102 Å². The molecule has 0 saturated carbocycles. The summed E-state index contributed by atoms with van der Waals surface area (Å²) in [6.45, 7) is 7.23. The highest BCUT2D eigenvalue weighted by Crippen LogP contribution is 2.38. The summed E-state index contributed by atoms with van der Waals surface area (Å²) in [4.78, 5) is 14.6. The maximum atomic E-state index is 14.5. The average Bonchev–Trinajstić information content (AvgIpc) is 3.86. The summed E-state index contributed by atoms with van der Waals surface area (Å²) in [6, 6.07) is 10.0. The number of aromatic nitrogens is 3. The third kappa shape index (κ3) is 17.9. The third-order valence-electron chi connectivity index (χ3n) is 9.79. The van der Waals surface area contributed by atoms with Gasteiger partial charge < -0.3 is 33.9 Å². The van der Waals surface area contributed by atoms with E-state index in [9.17, 15) is 9.28 Å². The number of unbranched alkanes of at least 4 members (excludes halogenated alkanes) is 15. The number of hydrogen-bond acceptors (Lipinski definition) is 10. The van der Waals surface area contributed by atoms with Crippen LogP contribution in [-0.4, -0.2) is 58.1 Å². The lowest BCUT2D eigenvalue weighted by Gasteiger charge is -2.21. The molecule has 4 unspecified atom stereocenters. The first kappa shape index (κ1) is 46.6. The maximum Gasteiger partial charge on any atom is 0.330 e. The summed E-state index contributed by atoms with van der Waals surface area (Å²) in [5.41, 5.74) is 8.15. The van der Waals surface area contributed by atoms with Gasteiger partial charge in [0.05, 0.1) is 49.9 Å². The van der Waals surface area contributed by atoms with Gasteiger partial charge in [0, 0.05) is 12.2 Å². The number of nitrogen functional groups attached to an aromatic ring is 1. The molecule has 55 heavy (non-hydrogen) atoms. The number of anilines is 1. The normalized spacial score (nSPS) is 16.5. The summed E-state index contributed by atoms with van der Waals surface area (Å²) < 4.78 is 45.6. The number of ether oxygens (including phenoxy) is 3. The zero-order valence-electron chi connectivity index (χ0n) is 33.6. The van der Waals surface area contributed by atoms with Crippen LogP contribution in [0, 0.1) is 17.1 Å². The molecule has 308 valence electrons. The molecular weight excluding hydrogens is 720 g/mol. The van der Waals surface area contributed by atoms with Gasteiger partial charge in [0.1, 0.15) is 29.9 Å². The Hall–Kier alpha value is -2.75. The number of nitrogens with zero attached hydrogens (tertiary/aromatic N) is 4. The van der Waals surface area contributed by atoms with Crippen molar-refractivity contribution in [3.05, 3.63) is 59.3 Å². The Morgan fingerprint density at radius 3 is 2.22 bits per heavy atom. The summed E-state index contributed by atoms with van der Waals surface area (Å²) in [7, 11) is -2.21. The molecule has 4 rings (SSSR count). The zero-order valence-corrected chi connectivity index (χ0v) is 34.5. The van der Waals surface area contributed by atoms with E-state index in [2.05, 4.69) is 17.0 Å². The van der Waals surface area contributed by atoms with Crippen LogP contribution in [0.15, 0.2) is 36.7 Å². The fourth-order valence-electron chi connectivity index (χ4n) is 6.65. The predicted molar refractivity (Wildman–Crippen MR) is 217 cm³/mol. The summed E-state index contributed by atoms with van der Waals surface area (Å²) in [5, 5.41) is 13.4. The molecule has 3 aromatic rings. The van der Waals surface area contributed by atoms with Gasteiger partial charge in [-0.05, 0) is 43.5 Å². The Bertz CT molecular complexity index is 1490. The fraction of sp³-hybridized carbons (Fsp3) is 0.690. The van der Waals surface area contributed by atoms with E-state index < -0.39 is 20.5 Å². The first-order valence-electron chi connectivity index (χ1n) is 20.8. The minimum atomic E-state index is -2.21. The second kappa shape index (κ2) is 28.6. The van der Waals surface area contributed by atoms with E-state index in [-0.39, 0.29) is 44.2 Å². The zero-order chi connectivity index (χ0) is 39.5. The van der Waals surface area contributed by atoms with E-state index in [1.54, 1.807) is 16.6 Å². The second-order valence-electron chi connectivity index (χ2n) is 14.1. The lowest BCUT2D eigenvalue weighted by atomic mass is 10.0. The molecule has 0 bridgehead atoms. The van der Waals surface area contributed by atoms with Crippen molar-refractivity contribution in [2.24, 2.45) is 0 Å². The Labute approximate surface area is 330 Å². The molecule has 1 fully saturated rings. The summed E-state index contributed by atoms with van der Waals surface area (Å²) >= 11 is 0. The molecular formula is C42H67FN5O6P. The van der Waals surface area contributed by atoms with Crippen LogP contribution in [0.5, 0.6) is 0 Å². The number of nitriles is 1. The number of rotatable bonds is 29. The van der Waals surface area contributed by atoms with Crippen LogP contribution in [0.3, 0.4) is 0 Å². The van der Waals surface area contributed by atoms with E-state index in [0.717, 1.165) is 36.9 Å². The van der Waals surface area contributed by atoms with Crippen molar-refractivity contribution in [1.29, 1.82) is 5.26 Å². The molecule has 0 aliphatic carbocycles. The molecule has 2 aromatic heterocycles. The van der Waals surface area contributed by atoms with Crippen LogP contribution in [0.1, 0.15) is 159 Å². The molecule has 4 atom stereocenters. The Kier molecular flexibility index (Phi) is 24.3. The van der Waals surface area contributed by atoms with Crippen LogP contribution in [0.4, 0.5) is 10.2 Å². The molecule has 11 nitrogen and oxygen atoms in total.